The monoisotopic (exact) mass is 393 g/mol. The van der Waals surface area contributed by atoms with Gasteiger partial charge in [0.25, 0.3) is 0 Å². The van der Waals surface area contributed by atoms with Crippen LogP contribution in [0.25, 0.3) is 10.9 Å². The van der Waals surface area contributed by atoms with Crippen LogP contribution in [0.3, 0.4) is 0 Å². The minimum atomic E-state index is -2.28. The number of hydrogen-bond acceptors (Lipinski definition) is 2. The van der Waals surface area contributed by atoms with E-state index in [1.54, 1.807) is 0 Å². The van der Waals surface area contributed by atoms with Crippen molar-refractivity contribution in [1.82, 2.24) is 4.98 Å². The number of alkyl halides is 1. The van der Waals surface area contributed by atoms with E-state index in [0.29, 0.717) is 0 Å². The van der Waals surface area contributed by atoms with Gasteiger partial charge in [-0.25, -0.2) is 0 Å². The zero-order chi connectivity index (χ0) is 18.0. The van der Waals surface area contributed by atoms with Gasteiger partial charge in [0.2, 0.25) is 0 Å². The Balaban J connectivity index is 1.89. The lowest BCUT2D eigenvalue weighted by molar-refractivity contribution is 1.19. The Kier molecular flexibility index (Phi) is 4.91. The van der Waals surface area contributed by atoms with Crippen molar-refractivity contribution in [3.05, 3.63) is 103 Å². The molecule has 1 aromatic heterocycles. The summed E-state index contributed by atoms with van der Waals surface area (Å²) in [6.07, 6.45) is 0. The van der Waals surface area contributed by atoms with Gasteiger partial charge in [0.1, 0.15) is 5.12 Å². The predicted molar refractivity (Wildman–Crippen MR) is 117 cm³/mol. The summed E-state index contributed by atoms with van der Waals surface area (Å²) in [5.41, 5.74) is 1.78. The predicted octanol–water partition coefficient (Wildman–Crippen LogP) is 5.60. The number of benzene rings is 3. The van der Waals surface area contributed by atoms with E-state index in [1.807, 2.05) is 60.7 Å². The van der Waals surface area contributed by atoms with Gasteiger partial charge in [-0.1, -0.05) is 96.7 Å². The summed E-state index contributed by atoms with van der Waals surface area (Å²) in [6, 6.07) is 30.3. The van der Waals surface area contributed by atoms with Crippen molar-refractivity contribution in [2.75, 3.05) is 0 Å². The Hall–Kier alpha value is -1.99. The van der Waals surface area contributed by atoms with Gasteiger partial charge in [-0.3, -0.25) is 4.98 Å². The molecule has 128 valence electrons. The summed E-state index contributed by atoms with van der Waals surface area (Å²) in [5.74, 6) is 0. The summed E-state index contributed by atoms with van der Waals surface area (Å²) >= 11 is 13.4. The van der Waals surface area contributed by atoms with E-state index < -0.39 is 6.04 Å². The van der Waals surface area contributed by atoms with Crippen LogP contribution >= 0.6 is 17.6 Å². The molecule has 0 saturated heterocycles. The van der Waals surface area contributed by atoms with Crippen molar-refractivity contribution in [3.8, 4) is 0 Å². The molecule has 0 N–H and O–H groups in total. The van der Waals surface area contributed by atoms with Gasteiger partial charge in [0, 0.05) is 11.4 Å². The number of halogens is 1. The van der Waals surface area contributed by atoms with Gasteiger partial charge in [0.15, 0.2) is 0 Å². The van der Waals surface area contributed by atoms with Crippen molar-refractivity contribution in [2.24, 2.45) is 0 Å². The molecule has 1 unspecified atom stereocenters. The molecule has 4 heteroatoms. The quantitative estimate of drug-likeness (QED) is 0.330. The highest BCUT2D eigenvalue weighted by Crippen LogP contribution is 2.59. The topological polar surface area (TPSA) is 12.9 Å². The van der Waals surface area contributed by atoms with Gasteiger partial charge in [-0.05, 0) is 22.7 Å². The van der Waals surface area contributed by atoms with Crippen LogP contribution in [-0.2, 0) is 11.8 Å². The third-order valence-electron chi connectivity index (χ3n) is 4.46. The Morgan fingerprint density at radius 3 is 1.85 bits per heavy atom. The lowest BCUT2D eigenvalue weighted by Gasteiger charge is -2.28. The third-order valence-corrected chi connectivity index (χ3v) is 10.8. The van der Waals surface area contributed by atoms with E-state index >= 15 is 0 Å². The van der Waals surface area contributed by atoms with E-state index in [4.69, 9.17) is 28.4 Å². The molecule has 3 aromatic carbocycles. The molecule has 4 aromatic rings. The molecular formula is C22H17ClNPS. The Labute approximate surface area is 163 Å². The van der Waals surface area contributed by atoms with Crippen LogP contribution in [0.1, 0.15) is 10.8 Å². The van der Waals surface area contributed by atoms with Crippen molar-refractivity contribution < 1.29 is 0 Å². The van der Waals surface area contributed by atoms with E-state index in [1.165, 1.54) is 0 Å². The Morgan fingerprint density at radius 2 is 1.23 bits per heavy atom. The van der Waals surface area contributed by atoms with E-state index in [0.717, 1.165) is 27.2 Å². The first kappa shape index (κ1) is 17.4. The molecule has 0 spiro atoms. The van der Waals surface area contributed by atoms with E-state index in [9.17, 15) is 0 Å². The molecule has 0 aliphatic heterocycles. The lowest BCUT2D eigenvalue weighted by atomic mass is 10.2. The summed E-state index contributed by atoms with van der Waals surface area (Å²) in [4.78, 5) is 4.82. The maximum atomic E-state index is 7.07. The van der Waals surface area contributed by atoms with Crippen LogP contribution in [0.5, 0.6) is 0 Å². The van der Waals surface area contributed by atoms with Crippen LogP contribution < -0.4 is 10.6 Å². The molecule has 4 rings (SSSR count). The fourth-order valence-electron chi connectivity index (χ4n) is 3.11. The van der Waals surface area contributed by atoms with Gasteiger partial charge in [0.05, 0.1) is 11.2 Å². The Bertz CT molecular complexity index is 1040. The summed E-state index contributed by atoms with van der Waals surface area (Å²) in [7, 11) is 0. The number of fused-ring (bicyclic) bond motifs is 1. The van der Waals surface area contributed by atoms with Crippen molar-refractivity contribution in [3.63, 3.8) is 0 Å². The first-order chi connectivity index (χ1) is 12.7. The highest BCUT2D eigenvalue weighted by Gasteiger charge is 2.32. The molecule has 0 radical (unpaired) electrons. The average Bonchev–Trinajstić information content (AvgIpc) is 2.73. The van der Waals surface area contributed by atoms with Gasteiger partial charge in [-0.15, -0.1) is 11.6 Å². The summed E-state index contributed by atoms with van der Waals surface area (Å²) in [5, 5.41) is 2.95. The smallest absolute Gasteiger partial charge is 0.112 e. The Morgan fingerprint density at radius 1 is 0.692 bits per heavy atom. The van der Waals surface area contributed by atoms with Crippen LogP contribution in [-0.4, -0.2) is 4.98 Å². The molecule has 0 aliphatic carbocycles. The molecule has 1 atom stereocenters. The number of pyridine rings is 1. The normalized spacial score (nSPS) is 12.8. The van der Waals surface area contributed by atoms with Crippen molar-refractivity contribution in [2.45, 2.75) is 5.12 Å². The van der Waals surface area contributed by atoms with Gasteiger partial charge < -0.3 is 0 Å². The SMILES string of the molecule is S=P(c1ccccc1)(c1ccccc1)C(Cl)c1ccc2ccccc2n1. The first-order valence-corrected chi connectivity index (χ1v) is 11.7. The van der Waals surface area contributed by atoms with Crippen molar-refractivity contribution in [1.29, 1.82) is 0 Å². The molecule has 1 nitrogen and oxygen atoms in total. The molecule has 26 heavy (non-hydrogen) atoms. The van der Waals surface area contributed by atoms with Crippen LogP contribution in [0, 0.1) is 0 Å². The molecule has 1 heterocycles. The maximum absolute atomic E-state index is 7.07. The highest BCUT2D eigenvalue weighted by atomic mass is 35.5. The van der Waals surface area contributed by atoms with Crippen LogP contribution in [0.2, 0.25) is 0 Å². The standard InChI is InChI=1S/C22H17ClNPS/c23-22(21-16-15-17-9-7-8-14-20(17)24-21)25(26,18-10-3-1-4-11-18)19-12-5-2-6-13-19/h1-16,22H. The average molecular weight is 394 g/mol. The molecule has 0 bridgehead atoms. The highest BCUT2D eigenvalue weighted by molar-refractivity contribution is 8.22. The first-order valence-electron chi connectivity index (χ1n) is 8.40. The largest absolute Gasteiger partial charge is 0.251 e. The number of hydrogen-bond donors (Lipinski definition) is 0. The fraction of sp³-hybridized carbons (Fsp3) is 0.0455. The second kappa shape index (κ2) is 7.32. The zero-order valence-corrected chi connectivity index (χ0v) is 16.5. The maximum Gasteiger partial charge on any atom is 0.112 e. The summed E-state index contributed by atoms with van der Waals surface area (Å²) in [6.45, 7) is 0. The molecular weight excluding hydrogens is 377 g/mol. The van der Waals surface area contributed by atoms with Crippen LogP contribution in [0.15, 0.2) is 97.1 Å². The van der Waals surface area contributed by atoms with Gasteiger partial charge >= 0.3 is 0 Å². The molecule has 0 saturated carbocycles. The molecule has 0 amide bonds. The van der Waals surface area contributed by atoms with Gasteiger partial charge in [-0.2, -0.15) is 0 Å². The molecule has 0 fully saturated rings. The zero-order valence-electron chi connectivity index (χ0n) is 14.0. The number of aromatic nitrogens is 1. The minimum absolute atomic E-state index is 0.369. The summed E-state index contributed by atoms with van der Waals surface area (Å²) < 4.78 is 0. The lowest BCUT2D eigenvalue weighted by Crippen LogP contribution is -2.19. The number of nitrogens with zero attached hydrogens (tertiary/aromatic N) is 1. The number of rotatable bonds is 4. The van der Waals surface area contributed by atoms with E-state index in [-0.39, 0.29) is 5.12 Å². The van der Waals surface area contributed by atoms with Crippen molar-refractivity contribution >= 4 is 51.0 Å². The molecule has 0 aliphatic rings. The third kappa shape index (κ3) is 3.10. The second-order valence-corrected chi connectivity index (χ2v) is 11.4. The van der Waals surface area contributed by atoms with E-state index in [2.05, 4.69) is 36.4 Å². The number of para-hydroxylation sites is 1. The fourth-order valence-corrected chi connectivity index (χ4v) is 7.53. The minimum Gasteiger partial charge on any atom is -0.251 e. The van der Waals surface area contributed by atoms with Crippen LogP contribution in [0.4, 0.5) is 0 Å². The second-order valence-electron chi connectivity index (χ2n) is 6.09.